The molecule has 0 atom stereocenters. The van der Waals surface area contributed by atoms with Crippen molar-refractivity contribution in [1.29, 1.82) is 0 Å². The molecule has 1 rings (SSSR count). The topological polar surface area (TPSA) is 66.4 Å². The van der Waals surface area contributed by atoms with Crippen LogP contribution in [0.5, 0.6) is 0 Å². The van der Waals surface area contributed by atoms with E-state index in [1.807, 2.05) is 0 Å². The Morgan fingerprint density at radius 2 is 1.86 bits per heavy atom. The van der Waals surface area contributed by atoms with Crippen LogP contribution >= 0.6 is 0 Å². The molecule has 0 saturated carbocycles. The first kappa shape index (κ1) is 17.1. The van der Waals surface area contributed by atoms with Gasteiger partial charge in [-0.25, -0.2) is 8.78 Å². The zero-order valence-corrected chi connectivity index (χ0v) is 12.1. The summed E-state index contributed by atoms with van der Waals surface area (Å²) in [5.74, 6) is -3.58. The zero-order valence-electron chi connectivity index (χ0n) is 12.1. The Kier molecular flexibility index (Phi) is 5.81. The van der Waals surface area contributed by atoms with Crippen LogP contribution in [-0.2, 0) is 16.0 Å². The Bertz CT molecular complexity index is 528. The maximum absolute atomic E-state index is 13.4. The molecule has 0 aliphatic carbocycles. The Morgan fingerprint density at radius 3 is 2.38 bits per heavy atom. The van der Waals surface area contributed by atoms with Crippen LogP contribution in [0.2, 0.25) is 0 Å². The fourth-order valence-corrected chi connectivity index (χ4v) is 2.07. The number of carbonyl (C=O) groups excluding carboxylic acids is 1. The van der Waals surface area contributed by atoms with Gasteiger partial charge in [0.25, 0.3) is 0 Å². The molecular formula is C15H19F2NO3. The fourth-order valence-electron chi connectivity index (χ4n) is 2.07. The van der Waals surface area contributed by atoms with Crippen molar-refractivity contribution in [3.8, 4) is 0 Å². The minimum Gasteiger partial charge on any atom is -0.481 e. The van der Waals surface area contributed by atoms with Crippen molar-refractivity contribution in [3.05, 3.63) is 35.4 Å². The average Bonchev–Trinajstić information content (AvgIpc) is 2.45. The number of aliphatic carboxylic acids is 1. The second-order valence-electron chi connectivity index (χ2n) is 4.96. The Hall–Kier alpha value is -1.98. The molecule has 0 saturated heterocycles. The zero-order chi connectivity index (χ0) is 16.0. The summed E-state index contributed by atoms with van der Waals surface area (Å²) in [6, 6.07) is 3.61. The molecule has 6 heteroatoms. The van der Waals surface area contributed by atoms with Crippen molar-refractivity contribution in [2.24, 2.45) is 5.41 Å². The number of hydrogen-bond acceptors (Lipinski definition) is 2. The molecule has 1 aromatic carbocycles. The maximum Gasteiger partial charge on any atom is 0.311 e. The summed E-state index contributed by atoms with van der Waals surface area (Å²) in [5.41, 5.74) is -1.09. The van der Waals surface area contributed by atoms with Gasteiger partial charge < -0.3 is 10.4 Å². The minimum absolute atomic E-state index is 0.0366. The third-order valence-electron chi connectivity index (χ3n) is 3.81. The lowest BCUT2D eigenvalue weighted by molar-refractivity contribution is -0.149. The molecule has 2 N–H and O–H groups in total. The summed E-state index contributed by atoms with van der Waals surface area (Å²) in [4.78, 5) is 23.1. The first-order valence-corrected chi connectivity index (χ1v) is 6.79. The van der Waals surface area contributed by atoms with Gasteiger partial charge in [-0.15, -0.1) is 0 Å². The smallest absolute Gasteiger partial charge is 0.311 e. The van der Waals surface area contributed by atoms with Gasteiger partial charge in [0, 0.05) is 12.1 Å². The van der Waals surface area contributed by atoms with E-state index in [0.717, 1.165) is 6.07 Å². The summed E-state index contributed by atoms with van der Waals surface area (Å²) >= 11 is 0. The van der Waals surface area contributed by atoms with Gasteiger partial charge in [-0.3, -0.25) is 9.59 Å². The highest BCUT2D eigenvalue weighted by atomic mass is 19.2. The lowest BCUT2D eigenvalue weighted by Crippen LogP contribution is -2.42. The molecule has 4 nitrogen and oxygen atoms in total. The number of benzene rings is 1. The van der Waals surface area contributed by atoms with Gasteiger partial charge in [0.15, 0.2) is 11.6 Å². The van der Waals surface area contributed by atoms with Gasteiger partial charge in [-0.05, 0) is 18.9 Å². The van der Waals surface area contributed by atoms with E-state index in [1.165, 1.54) is 12.1 Å². The Balaban J connectivity index is 2.70. The van der Waals surface area contributed by atoms with Gasteiger partial charge in [-0.1, -0.05) is 26.0 Å². The third-order valence-corrected chi connectivity index (χ3v) is 3.81. The monoisotopic (exact) mass is 299 g/mol. The van der Waals surface area contributed by atoms with Crippen LogP contribution in [0.25, 0.3) is 0 Å². The third kappa shape index (κ3) is 4.00. The van der Waals surface area contributed by atoms with E-state index in [2.05, 4.69) is 5.32 Å². The van der Waals surface area contributed by atoms with E-state index in [0.29, 0.717) is 12.8 Å². The summed E-state index contributed by atoms with van der Waals surface area (Å²) < 4.78 is 26.5. The second kappa shape index (κ2) is 7.15. The maximum atomic E-state index is 13.4. The van der Waals surface area contributed by atoms with E-state index in [4.69, 9.17) is 0 Å². The fraction of sp³-hybridized carbons (Fsp3) is 0.467. The van der Waals surface area contributed by atoms with Crippen molar-refractivity contribution >= 4 is 11.9 Å². The molecule has 0 unspecified atom stereocenters. The van der Waals surface area contributed by atoms with Crippen molar-refractivity contribution in [3.63, 3.8) is 0 Å². The molecule has 0 aliphatic rings. The molecule has 0 bridgehead atoms. The SMILES string of the molecule is CCC(CC)(CNC(=O)Cc1cccc(F)c1F)C(=O)O. The van der Waals surface area contributed by atoms with Crippen LogP contribution in [-0.4, -0.2) is 23.5 Å². The lowest BCUT2D eigenvalue weighted by Gasteiger charge is -2.26. The van der Waals surface area contributed by atoms with E-state index < -0.39 is 28.9 Å². The number of hydrogen-bond donors (Lipinski definition) is 2. The predicted molar refractivity (Wildman–Crippen MR) is 73.7 cm³/mol. The number of carboxylic acids is 1. The van der Waals surface area contributed by atoms with Gasteiger partial charge in [-0.2, -0.15) is 0 Å². The van der Waals surface area contributed by atoms with Crippen molar-refractivity contribution < 1.29 is 23.5 Å². The summed E-state index contributed by atoms with van der Waals surface area (Å²) in [6.45, 7) is 3.43. The van der Waals surface area contributed by atoms with Crippen LogP contribution in [0.1, 0.15) is 32.3 Å². The highest BCUT2D eigenvalue weighted by molar-refractivity contribution is 5.80. The molecular weight excluding hydrogens is 280 g/mol. The predicted octanol–water partition coefficient (Wildman–Crippen LogP) is 2.51. The first-order chi connectivity index (χ1) is 9.86. The number of rotatable bonds is 7. The number of halogens is 2. The molecule has 1 aromatic rings. The largest absolute Gasteiger partial charge is 0.481 e. The Morgan fingerprint density at radius 1 is 1.24 bits per heavy atom. The average molecular weight is 299 g/mol. The number of carbonyl (C=O) groups is 2. The number of amides is 1. The second-order valence-corrected chi connectivity index (χ2v) is 4.96. The van der Waals surface area contributed by atoms with Crippen molar-refractivity contribution in [2.75, 3.05) is 6.54 Å². The van der Waals surface area contributed by atoms with Crippen LogP contribution < -0.4 is 5.32 Å². The highest BCUT2D eigenvalue weighted by Gasteiger charge is 2.35. The molecule has 21 heavy (non-hydrogen) atoms. The molecule has 116 valence electrons. The molecule has 0 aromatic heterocycles. The summed E-state index contributed by atoms with van der Waals surface area (Å²) in [6.07, 6.45) is 0.410. The quantitative estimate of drug-likeness (QED) is 0.813. The molecule has 0 fully saturated rings. The number of nitrogens with one attached hydrogen (secondary N) is 1. The molecule has 1 amide bonds. The van der Waals surface area contributed by atoms with E-state index >= 15 is 0 Å². The van der Waals surface area contributed by atoms with Crippen molar-refractivity contribution in [2.45, 2.75) is 33.1 Å². The first-order valence-electron chi connectivity index (χ1n) is 6.79. The van der Waals surface area contributed by atoms with Gasteiger partial charge >= 0.3 is 5.97 Å². The normalized spacial score (nSPS) is 11.2. The van der Waals surface area contributed by atoms with Gasteiger partial charge in [0.1, 0.15) is 0 Å². The summed E-state index contributed by atoms with van der Waals surface area (Å²) in [5, 5.41) is 11.7. The van der Waals surface area contributed by atoms with Crippen molar-refractivity contribution in [1.82, 2.24) is 5.32 Å². The molecule has 0 radical (unpaired) electrons. The standard InChI is InChI=1S/C15H19F2NO3/c1-3-15(4-2,14(20)21)9-18-12(19)8-10-6-5-7-11(16)13(10)17/h5-7H,3-4,8-9H2,1-2H3,(H,18,19)(H,20,21). The van der Waals surface area contributed by atoms with Gasteiger partial charge in [0.2, 0.25) is 5.91 Å². The van der Waals surface area contributed by atoms with E-state index in [1.54, 1.807) is 13.8 Å². The minimum atomic E-state index is -1.05. The molecule has 0 aliphatic heterocycles. The Labute approximate surface area is 122 Å². The van der Waals surface area contributed by atoms with E-state index in [9.17, 15) is 23.5 Å². The van der Waals surface area contributed by atoms with Crippen LogP contribution in [0, 0.1) is 17.0 Å². The summed E-state index contributed by atoms with van der Waals surface area (Å²) in [7, 11) is 0. The highest BCUT2D eigenvalue weighted by Crippen LogP contribution is 2.25. The van der Waals surface area contributed by atoms with E-state index in [-0.39, 0.29) is 18.5 Å². The lowest BCUT2D eigenvalue weighted by atomic mass is 9.82. The molecule has 0 spiro atoms. The molecule has 0 heterocycles. The number of carboxylic acid groups (broad SMARTS) is 1. The van der Waals surface area contributed by atoms with Crippen LogP contribution in [0.4, 0.5) is 8.78 Å². The van der Waals surface area contributed by atoms with Gasteiger partial charge in [0.05, 0.1) is 11.8 Å². The van der Waals surface area contributed by atoms with Crippen LogP contribution in [0.15, 0.2) is 18.2 Å². The van der Waals surface area contributed by atoms with Crippen LogP contribution in [0.3, 0.4) is 0 Å².